The number of nitrogens with one attached hydrogen (secondary N) is 1. The summed E-state index contributed by atoms with van der Waals surface area (Å²) in [5.74, 6) is 0. The van der Waals surface area contributed by atoms with Gasteiger partial charge in [0.25, 0.3) is 0 Å². The van der Waals surface area contributed by atoms with Gasteiger partial charge in [-0.2, -0.15) is 0 Å². The van der Waals surface area contributed by atoms with E-state index in [1.165, 1.54) is 0 Å². The molecule has 1 atom stereocenters. The van der Waals surface area contributed by atoms with Crippen molar-refractivity contribution < 1.29 is 28.9 Å². The molecule has 0 radical (unpaired) electrons. The fourth-order valence-corrected chi connectivity index (χ4v) is 1.54. The van der Waals surface area contributed by atoms with E-state index < -0.39 is 30.5 Å². The van der Waals surface area contributed by atoms with Crippen molar-refractivity contribution in [1.82, 2.24) is 5.32 Å². The number of rotatable bonds is 6. The summed E-state index contributed by atoms with van der Waals surface area (Å²) >= 11 is 0. The zero-order valence-electron chi connectivity index (χ0n) is 13.6. The van der Waals surface area contributed by atoms with Crippen molar-refractivity contribution in [3.05, 3.63) is 35.9 Å². The lowest BCUT2D eigenvalue weighted by molar-refractivity contribution is 0.0271. The average molecular weight is 325 g/mol. The predicted octanol–water partition coefficient (Wildman–Crippen LogP) is 2.23. The summed E-state index contributed by atoms with van der Waals surface area (Å²) in [7, 11) is 0. The highest BCUT2D eigenvalue weighted by molar-refractivity contribution is 5.68. The monoisotopic (exact) mass is 325 g/mol. The van der Waals surface area contributed by atoms with Crippen molar-refractivity contribution in [2.45, 2.75) is 39.0 Å². The number of ether oxygens (including phenoxy) is 3. The van der Waals surface area contributed by atoms with Crippen molar-refractivity contribution in [1.29, 1.82) is 0 Å². The Morgan fingerprint density at radius 1 is 1.17 bits per heavy atom. The molecule has 2 N–H and O–H groups in total. The van der Waals surface area contributed by atoms with Crippen LogP contribution in [-0.4, -0.2) is 42.2 Å². The van der Waals surface area contributed by atoms with Gasteiger partial charge in [-0.1, -0.05) is 30.3 Å². The second kappa shape index (κ2) is 8.99. The number of aliphatic hydroxyl groups is 1. The van der Waals surface area contributed by atoms with E-state index in [2.05, 4.69) is 5.32 Å². The summed E-state index contributed by atoms with van der Waals surface area (Å²) in [4.78, 5) is 23.0. The van der Waals surface area contributed by atoms with Crippen molar-refractivity contribution in [2.75, 3.05) is 13.2 Å². The largest absolute Gasteiger partial charge is 0.508 e. The Bertz CT molecular complexity index is 497. The molecule has 0 aliphatic heterocycles. The molecule has 7 heteroatoms. The van der Waals surface area contributed by atoms with Gasteiger partial charge in [-0.25, -0.2) is 9.59 Å². The van der Waals surface area contributed by atoms with Crippen LogP contribution in [0.3, 0.4) is 0 Å². The van der Waals surface area contributed by atoms with E-state index in [0.29, 0.717) is 0 Å². The van der Waals surface area contributed by atoms with Crippen LogP contribution < -0.4 is 5.32 Å². The molecule has 1 amide bonds. The van der Waals surface area contributed by atoms with Crippen LogP contribution in [0.5, 0.6) is 0 Å². The maximum atomic E-state index is 11.6. The van der Waals surface area contributed by atoms with Crippen LogP contribution in [-0.2, 0) is 20.8 Å². The maximum Gasteiger partial charge on any atom is 0.508 e. The summed E-state index contributed by atoms with van der Waals surface area (Å²) in [5.41, 5.74) is 0.176. The summed E-state index contributed by atoms with van der Waals surface area (Å²) in [6, 6.07) is 8.37. The topological polar surface area (TPSA) is 94.1 Å². The van der Waals surface area contributed by atoms with Crippen molar-refractivity contribution in [2.24, 2.45) is 0 Å². The first-order valence-corrected chi connectivity index (χ1v) is 7.24. The third-order valence-corrected chi connectivity index (χ3v) is 2.54. The van der Waals surface area contributed by atoms with E-state index in [4.69, 9.17) is 14.2 Å². The Labute approximate surface area is 135 Å². The Hall–Kier alpha value is -2.28. The molecule has 1 aromatic rings. The van der Waals surface area contributed by atoms with E-state index in [9.17, 15) is 14.7 Å². The van der Waals surface area contributed by atoms with E-state index in [-0.39, 0.29) is 13.2 Å². The fourth-order valence-electron chi connectivity index (χ4n) is 1.54. The van der Waals surface area contributed by atoms with Gasteiger partial charge in [0.05, 0.1) is 12.6 Å². The molecule has 1 rings (SSSR count). The lowest BCUT2D eigenvalue weighted by Gasteiger charge is -2.22. The van der Waals surface area contributed by atoms with E-state index in [1.807, 2.05) is 30.3 Å². The number of aliphatic hydroxyl groups excluding tert-OH is 1. The molecule has 0 heterocycles. The van der Waals surface area contributed by atoms with Crippen LogP contribution in [0.25, 0.3) is 0 Å². The molecule has 0 unspecified atom stereocenters. The van der Waals surface area contributed by atoms with Crippen LogP contribution in [0.1, 0.15) is 26.3 Å². The van der Waals surface area contributed by atoms with Crippen LogP contribution >= 0.6 is 0 Å². The standard InChI is InChI=1S/C16H23NO6/c1-16(2,3)23-14(19)17-13(9-18)11-22-15(20)21-10-12-7-5-4-6-8-12/h4-8,13,18H,9-11H2,1-3H3,(H,17,19)/t13-/m1/s1. The molecule has 0 aliphatic rings. The zero-order chi connectivity index (χ0) is 17.3. The van der Waals surface area contributed by atoms with E-state index >= 15 is 0 Å². The zero-order valence-corrected chi connectivity index (χ0v) is 13.6. The van der Waals surface area contributed by atoms with Gasteiger partial charge < -0.3 is 24.6 Å². The van der Waals surface area contributed by atoms with E-state index in [0.717, 1.165) is 5.56 Å². The second-order valence-electron chi connectivity index (χ2n) is 5.86. The third kappa shape index (κ3) is 8.67. The first-order valence-electron chi connectivity index (χ1n) is 7.24. The highest BCUT2D eigenvalue weighted by Crippen LogP contribution is 2.07. The molecule has 0 saturated carbocycles. The molecule has 128 valence electrons. The second-order valence-corrected chi connectivity index (χ2v) is 5.86. The van der Waals surface area contributed by atoms with Gasteiger partial charge in [0.2, 0.25) is 0 Å². The Balaban J connectivity index is 2.30. The molecule has 23 heavy (non-hydrogen) atoms. The van der Waals surface area contributed by atoms with Crippen molar-refractivity contribution in [3.63, 3.8) is 0 Å². The van der Waals surface area contributed by atoms with Gasteiger partial charge in [0, 0.05) is 0 Å². The summed E-state index contributed by atoms with van der Waals surface area (Å²) in [6.07, 6.45) is -1.57. The smallest absolute Gasteiger partial charge is 0.444 e. The molecular formula is C16H23NO6. The van der Waals surface area contributed by atoms with Gasteiger partial charge in [0.15, 0.2) is 0 Å². The summed E-state index contributed by atoms with van der Waals surface area (Å²) in [6.45, 7) is 4.63. The minimum absolute atomic E-state index is 0.0863. The predicted molar refractivity (Wildman–Crippen MR) is 82.8 cm³/mol. The van der Waals surface area contributed by atoms with Crippen LogP contribution in [0.4, 0.5) is 9.59 Å². The fraction of sp³-hybridized carbons (Fsp3) is 0.500. The molecule has 0 aromatic heterocycles. The third-order valence-electron chi connectivity index (χ3n) is 2.54. The Morgan fingerprint density at radius 3 is 2.39 bits per heavy atom. The number of benzene rings is 1. The van der Waals surface area contributed by atoms with Gasteiger partial charge in [-0.05, 0) is 26.3 Å². The Morgan fingerprint density at radius 2 is 1.83 bits per heavy atom. The van der Waals surface area contributed by atoms with Crippen molar-refractivity contribution in [3.8, 4) is 0 Å². The number of hydrogen-bond donors (Lipinski definition) is 2. The van der Waals surface area contributed by atoms with Gasteiger partial charge in [0.1, 0.15) is 18.8 Å². The highest BCUT2D eigenvalue weighted by atomic mass is 16.7. The quantitative estimate of drug-likeness (QED) is 0.779. The highest BCUT2D eigenvalue weighted by Gasteiger charge is 2.20. The van der Waals surface area contributed by atoms with Gasteiger partial charge in [-0.15, -0.1) is 0 Å². The lowest BCUT2D eigenvalue weighted by atomic mass is 10.2. The Kier molecular flexibility index (Phi) is 7.34. The molecule has 0 aliphatic carbocycles. The van der Waals surface area contributed by atoms with Gasteiger partial charge >= 0.3 is 12.2 Å². The normalized spacial score (nSPS) is 12.2. The number of carbonyl (C=O) groups excluding carboxylic acids is 2. The van der Waals surface area contributed by atoms with Crippen LogP contribution in [0, 0.1) is 0 Å². The minimum atomic E-state index is -0.877. The van der Waals surface area contributed by atoms with Gasteiger partial charge in [-0.3, -0.25) is 0 Å². The molecule has 0 spiro atoms. The molecule has 0 bridgehead atoms. The number of amides is 1. The number of alkyl carbamates (subject to hydrolysis) is 1. The van der Waals surface area contributed by atoms with Crippen molar-refractivity contribution >= 4 is 12.2 Å². The number of hydrogen-bond acceptors (Lipinski definition) is 6. The summed E-state index contributed by atoms with van der Waals surface area (Å²) < 4.78 is 14.8. The molecule has 0 fully saturated rings. The molecule has 1 aromatic carbocycles. The first kappa shape index (κ1) is 18.8. The summed E-state index contributed by atoms with van der Waals surface area (Å²) in [5, 5.41) is 11.6. The molecule has 7 nitrogen and oxygen atoms in total. The minimum Gasteiger partial charge on any atom is -0.444 e. The maximum absolute atomic E-state index is 11.6. The first-order chi connectivity index (χ1) is 10.8. The molecular weight excluding hydrogens is 302 g/mol. The SMILES string of the molecule is CC(C)(C)OC(=O)N[C@H](CO)COC(=O)OCc1ccccc1. The molecule has 0 saturated heterocycles. The number of carbonyl (C=O) groups is 2. The van der Waals surface area contributed by atoms with Crippen LogP contribution in [0.15, 0.2) is 30.3 Å². The lowest BCUT2D eigenvalue weighted by Crippen LogP contribution is -2.43. The van der Waals surface area contributed by atoms with Crippen LogP contribution in [0.2, 0.25) is 0 Å². The van der Waals surface area contributed by atoms with E-state index in [1.54, 1.807) is 20.8 Å². The average Bonchev–Trinajstić information content (AvgIpc) is 2.48.